The second kappa shape index (κ2) is 9.50. The molecule has 8 heteroatoms. The maximum Gasteiger partial charge on any atom is 0.410 e. The summed E-state index contributed by atoms with van der Waals surface area (Å²) >= 11 is 6.02. The van der Waals surface area contributed by atoms with Gasteiger partial charge in [0.15, 0.2) is 5.15 Å². The minimum atomic E-state index is -0.338. The lowest BCUT2D eigenvalue weighted by Gasteiger charge is -2.32. The molecule has 0 aliphatic carbocycles. The number of aromatic nitrogens is 2. The van der Waals surface area contributed by atoms with Gasteiger partial charge in [-0.15, -0.1) is 0 Å². The van der Waals surface area contributed by atoms with Gasteiger partial charge in [-0.2, -0.15) is 0 Å². The predicted octanol–water partition coefficient (Wildman–Crippen LogP) is 3.14. The van der Waals surface area contributed by atoms with Crippen LogP contribution < -0.4 is 0 Å². The molecule has 7 nitrogen and oxygen atoms in total. The summed E-state index contributed by atoms with van der Waals surface area (Å²) < 4.78 is 5.36. The van der Waals surface area contributed by atoms with Gasteiger partial charge in [0.05, 0.1) is 12.2 Å². The van der Waals surface area contributed by atoms with Gasteiger partial charge in [0, 0.05) is 38.4 Å². The number of piperidine rings is 1. The molecule has 0 unspecified atom stereocenters. The summed E-state index contributed by atoms with van der Waals surface area (Å²) in [5.41, 5.74) is 1.52. The summed E-state index contributed by atoms with van der Waals surface area (Å²) in [7, 11) is 1.73. The molecule has 28 heavy (non-hydrogen) atoms. The van der Waals surface area contributed by atoms with Gasteiger partial charge in [-0.05, 0) is 18.4 Å². The van der Waals surface area contributed by atoms with Crippen molar-refractivity contribution in [3.8, 4) is 0 Å². The molecule has 0 N–H and O–H groups in total. The molecule has 1 saturated heterocycles. The summed E-state index contributed by atoms with van der Waals surface area (Å²) in [6.45, 7) is 1.57. The number of hydrogen-bond donors (Lipinski definition) is 0. The van der Waals surface area contributed by atoms with Crippen LogP contribution in [-0.4, -0.2) is 51.9 Å². The van der Waals surface area contributed by atoms with E-state index in [9.17, 15) is 9.59 Å². The summed E-state index contributed by atoms with van der Waals surface area (Å²) in [5.74, 6) is -0.0994. The first kappa shape index (κ1) is 20.1. The molecule has 1 aliphatic heterocycles. The highest BCUT2D eigenvalue weighted by Gasteiger charge is 2.30. The van der Waals surface area contributed by atoms with Crippen LogP contribution in [0, 0.1) is 5.92 Å². The van der Waals surface area contributed by atoms with Crippen LogP contribution in [-0.2, 0) is 22.7 Å². The first-order chi connectivity index (χ1) is 13.5. The van der Waals surface area contributed by atoms with Crippen LogP contribution in [0.5, 0.6) is 0 Å². The lowest BCUT2D eigenvalue weighted by atomic mass is 9.95. The highest BCUT2D eigenvalue weighted by molar-refractivity contribution is 6.29. The van der Waals surface area contributed by atoms with Gasteiger partial charge in [0.2, 0.25) is 5.91 Å². The molecule has 2 amide bonds. The van der Waals surface area contributed by atoms with Gasteiger partial charge in [-0.25, -0.2) is 9.78 Å². The number of hydrogen-bond acceptors (Lipinski definition) is 5. The predicted molar refractivity (Wildman–Crippen MR) is 104 cm³/mol. The van der Waals surface area contributed by atoms with Crippen molar-refractivity contribution in [2.24, 2.45) is 5.92 Å². The number of ether oxygens (including phenoxy) is 1. The Hall–Kier alpha value is -2.67. The number of rotatable bonds is 5. The van der Waals surface area contributed by atoms with E-state index in [2.05, 4.69) is 9.97 Å². The fraction of sp³-hybridized carbons (Fsp3) is 0.400. The van der Waals surface area contributed by atoms with Crippen LogP contribution in [0.3, 0.4) is 0 Å². The van der Waals surface area contributed by atoms with Crippen molar-refractivity contribution < 1.29 is 14.3 Å². The van der Waals surface area contributed by atoms with Crippen molar-refractivity contribution >= 4 is 23.6 Å². The number of carbonyl (C=O) groups is 2. The molecule has 3 rings (SSSR count). The Labute approximate surface area is 169 Å². The lowest BCUT2D eigenvalue weighted by Crippen LogP contribution is -2.43. The minimum Gasteiger partial charge on any atom is -0.445 e. The zero-order valence-electron chi connectivity index (χ0n) is 15.8. The van der Waals surface area contributed by atoms with Gasteiger partial charge >= 0.3 is 6.09 Å². The topological polar surface area (TPSA) is 75.6 Å². The zero-order valence-corrected chi connectivity index (χ0v) is 16.5. The van der Waals surface area contributed by atoms with Crippen LogP contribution >= 0.6 is 11.6 Å². The summed E-state index contributed by atoms with van der Waals surface area (Å²) in [4.78, 5) is 36.4. The van der Waals surface area contributed by atoms with E-state index < -0.39 is 0 Å². The monoisotopic (exact) mass is 402 g/mol. The maximum absolute atomic E-state index is 12.7. The van der Waals surface area contributed by atoms with Crippen LogP contribution in [0.4, 0.5) is 4.79 Å². The lowest BCUT2D eigenvalue weighted by molar-refractivity contribution is -0.136. The number of halogens is 1. The Morgan fingerprint density at radius 1 is 1.18 bits per heavy atom. The fourth-order valence-corrected chi connectivity index (χ4v) is 3.35. The molecule has 0 spiro atoms. The van der Waals surface area contributed by atoms with E-state index in [4.69, 9.17) is 16.3 Å². The molecule has 0 bridgehead atoms. The SMILES string of the molecule is CN(Cc1nccnc1Cl)C(=O)C1CCN(C(=O)OCc2ccccc2)CC1. The molecule has 1 aliphatic rings. The van der Waals surface area contributed by atoms with E-state index in [0.717, 1.165) is 5.56 Å². The van der Waals surface area contributed by atoms with E-state index in [-0.39, 0.29) is 24.5 Å². The Morgan fingerprint density at radius 3 is 2.54 bits per heavy atom. The minimum absolute atomic E-state index is 0.0269. The summed E-state index contributed by atoms with van der Waals surface area (Å²) in [6.07, 6.45) is 3.95. The quantitative estimate of drug-likeness (QED) is 0.767. The Bertz CT molecular complexity index is 810. The smallest absolute Gasteiger partial charge is 0.410 e. The molecular weight excluding hydrogens is 380 g/mol. The number of likely N-dealkylation sites (tertiary alicyclic amines) is 1. The molecule has 148 valence electrons. The molecule has 1 fully saturated rings. The molecular formula is C20H23ClN4O3. The molecule has 2 aromatic rings. The Morgan fingerprint density at radius 2 is 1.86 bits per heavy atom. The molecule has 1 aromatic carbocycles. The first-order valence-electron chi connectivity index (χ1n) is 9.20. The van der Waals surface area contributed by atoms with E-state index >= 15 is 0 Å². The standard InChI is InChI=1S/C20H23ClN4O3/c1-24(13-17-18(21)23-10-9-22-17)19(26)16-7-11-25(12-8-16)20(27)28-14-15-5-3-2-4-6-15/h2-6,9-10,16H,7-8,11-14H2,1H3. The van der Waals surface area contributed by atoms with E-state index in [1.165, 1.54) is 6.20 Å². The van der Waals surface area contributed by atoms with Crippen molar-refractivity contribution in [3.05, 3.63) is 59.1 Å². The van der Waals surface area contributed by atoms with Crippen molar-refractivity contribution in [1.82, 2.24) is 19.8 Å². The molecule has 0 saturated carbocycles. The second-order valence-corrected chi connectivity index (χ2v) is 7.15. The van der Waals surface area contributed by atoms with Crippen LogP contribution in [0.15, 0.2) is 42.7 Å². The van der Waals surface area contributed by atoms with E-state index in [0.29, 0.717) is 43.3 Å². The van der Waals surface area contributed by atoms with Crippen LogP contribution in [0.1, 0.15) is 24.1 Å². The van der Waals surface area contributed by atoms with Crippen molar-refractivity contribution in [1.29, 1.82) is 0 Å². The number of carbonyl (C=O) groups excluding carboxylic acids is 2. The average molecular weight is 403 g/mol. The third kappa shape index (κ3) is 5.19. The number of benzene rings is 1. The van der Waals surface area contributed by atoms with Gasteiger partial charge < -0.3 is 14.5 Å². The average Bonchev–Trinajstić information content (AvgIpc) is 2.74. The highest BCUT2D eigenvalue weighted by Crippen LogP contribution is 2.21. The molecule has 0 radical (unpaired) electrons. The zero-order chi connectivity index (χ0) is 19.9. The Kier molecular flexibility index (Phi) is 6.81. The van der Waals surface area contributed by atoms with Gasteiger partial charge in [-0.1, -0.05) is 41.9 Å². The van der Waals surface area contributed by atoms with E-state index in [1.54, 1.807) is 23.0 Å². The van der Waals surface area contributed by atoms with Crippen LogP contribution in [0.2, 0.25) is 5.15 Å². The normalized spacial score (nSPS) is 14.6. The molecule has 1 aromatic heterocycles. The van der Waals surface area contributed by atoms with Gasteiger partial charge in [0.25, 0.3) is 0 Å². The second-order valence-electron chi connectivity index (χ2n) is 6.79. The summed E-state index contributed by atoms with van der Waals surface area (Å²) in [6, 6.07) is 9.56. The van der Waals surface area contributed by atoms with E-state index in [1.807, 2.05) is 30.3 Å². The third-order valence-electron chi connectivity index (χ3n) is 4.79. The number of amides is 2. The molecule has 0 atom stereocenters. The molecule has 2 heterocycles. The van der Waals surface area contributed by atoms with Crippen LogP contribution in [0.25, 0.3) is 0 Å². The first-order valence-corrected chi connectivity index (χ1v) is 9.58. The van der Waals surface area contributed by atoms with Gasteiger partial charge in [0.1, 0.15) is 6.61 Å². The summed E-state index contributed by atoms with van der Waals surface area (Å²) in [5, 5.41) is 0.304. The maximum atomic E-state index is 12.7. The van der Waals surface area contributed by atoms with Crippen molar-refractivity contribution in [3.63, 3.8) is 0 Å². The third-order valence-corrected chi connectivity index (χ3v) is 5.11. The highest BCUT2D eigenvalue weighted by atomic mass is 35.5. The number of nitrogens with zero attached hydrogens (tertiary/aromatic N) is 4. The van der Waals surface area contributed by atoms with Crippen molar-refractivity contribution in [2.45, 2.75) is 26.0 Å². The van der Waals surface area contributed by atoms with Gasteiger partial charge in [-0.3, -0.25) is 9.78 Å². The fourth-order valence-electron chi connectivity index (χ4n) is 3.19. The van der Waals surface area contributed by atoms with Crippen molar-refractivity contribution in [2.75, 3.05) is 20.1 Å². The largest absolute Gasteiger partial charge is 0.445 e. The Balaban J connectivity index is 1.45.